The van der Waals surface area contributed by atoms with Crippen molar-refractivity contribution in [1.82, 2.24) is 24.1 Å². The van der Waals surface area contributed by atoms with E-state index in [1.807, 2.05) is 14.0 Å². The van der Waals surface area contributed by atoms with Crippen LogP contribution in [0, 0.1) is 6.92 Å². The highest BCUT2D eigenvalue weighted by atomic mass is 19.3. The summed E-state index contributed by atoms with van der Waals surface area (Å²) in [6.45, 7) is 7.18. The van der Waals surface area contributed by atoms with E-state index in [9.17, 15) is 18.4 Å². The molecule has 1 aliphatic heterocycles. The number of nitrogens with zero attached hydrogens (tertiary/aromatic N) is 5. The molecular formula is C18H25F2N5O2. The van der Waals surface area contributed by atoms with E-state index in [-0.39, 0.29) is 30.1 Å². The molecule has 2 aromatic heterocycles. The van der Waals surface area contributed by atoms with Crippen LogP contribution >= 0.6 is 0 Å². The summed E-state index contributed by atoms with van der Waals surface area (Å²) in [4.78, 5) is 28.9. The quantitative estimate of drug-likeness (QED) is 0.790. The summed E-state index contributed by atoms with van der Waals surface area (Å²) in [6, 6.07) is 0.974. The maximum absolute atomic E-state index is 13.4. The fraction of sp³-hybridized carbons (Fsp3) is 0.611. The number of carbonyl (C=O) groups is 1. The molecule has 27 heavy (non-hydrogen) atoms. The van der Waals surface area contributed by atoms with Gasteiger partial charge in [-0.3, -0.25) is 18.8 Å². The van der Waals surface area contributed by atoms with Crippen molar-refractivity contribution in [3.05, 3.63) is 27.7 Å². The second-order valence-electron chi connectivity index (χ2n) is 6.92. The first-order chi connectivity index (χ1) is 12.8. The molecular weight excluding hydrogens is 356 g/mol. The highest BCUT2D eigenvalue weighted by molar-refractivity contribution is 5.83. The van der Waals surface area contributed by atoms with Crippen LogP contribution in [-0.4, -0.2) is 63.3 Å². The van der Waals surface area contributed by atoms with Gasteiger partial charge in [0.1, 0.15) is 0 Å². The van der Waals surface area contributed by atoms with Gasteiger partial charge in [0.25, 0.3) is 12.0 Å². The number of aryl methyl sites for hydroxylation is 3. The van der Waals surface area contributed by atoms with Crippen molar-refractivity contribution in [2.75, 3.05) is 33.2 Å². The molecule has 0 atom stereocenters. The van der Waals surface area contributed by atoms with Gasteiger partial charge in [-0.2, -0.15) is 5.10 Å². The predicted octanol–water partition coefficient (Wildman–Crippen LogP) is 1.63. The number of likely N-dealkylation sites (N-methyl/N-ethyl adjacent to an activating group) is 1. The van der Waals surface area contributed by atoms with Crippen LogP contribution in [0.15, 0.2) is 10.9 Å². The van der Waals surface area contributed by atoms with E-state index in [1.165, 1.54) is 4.57 Å². The molecule has 1 amide bonds. The number of carbonyl (C=O) groups excluding carboxylic acids is 1. The largest absolute Gasteiger partial charge is 0.340 e. The minimum Gasteiger partial charge on any atom is -0.340 e. The Morgan fingerprint density at radius 3 is 2.52 bits per heavy atom. The predicted molar refractivity (Wildman–Crippen MR) is 98.1 cm³/mol. The Morgan fingerprint density at radius 1 is 1.26 bits per heavy atom. The smallest absolute Gasteiger partial charge is 0.264 e. The number of amides is 1. The van der Waals surface area contributed by atoms with Gasteiger partial charge in [0, 0.05) is 68.4 Å². The second-order valence-corrected chi connectivity index (χ2v) is 6.92. The summed E-state index contributed by atoms with van der Waals surface area (Å²) >= 11 is 0. The monoisotopic (exact) mass is 381 g/mol. The number of pyridine rings is 1. The number of hydrogen-bond donors (Lipinski definition) is 0. The first kappa shape index (κ1) is 19.5. The summed E-state index contributed by atoms with van der Waals surface area (Å²) in [6.07, 6.45) is -2.61. The molecule has 1 fully saturated rings. The highest BCUT2D eigenvalue weighted by Gasteiger charge is 2.23. The lowest BCUT2D eigenvalue weighted by Crippen LogP contribution is -2.47. The zero-order valence-corrected chi connectivity index (χ0v) is 15.9. The first-order valence-electron chi connectivity index (χ1n) is 9.18. The molecule has 148 valence electrons. The van der Waals surface area contributed by atoms with Gasteiger partial charge in [-0.15, -0.1) is 0 Å². The molecule has 9 heteroatoms. The number of fused-ring (bicyclic) bond motifs is 1. The summed E-state index contributed by atoms with van der Waals surface area (Å²) in [5.74, 6) is -0.0345. The van der Waals surface area contributed by atoms with Crippen LogP contribution < -0.4 is 5.56 Å². The molecule has 1 saturated heterocycles. The molecule has 0 bridgehead atoms. The third kappa shape index (κ3) is 3.73. The lowest BCUT2D eigenvalue weighted by Gasteiger charge is -2.32. The van der Waals surface area contributed by atoms with Gasteiger partial charge in [0.2, 0.25) is 5.91 Å². The van der Waals surface area contributed by atoms with Gasteiger partial charge >= 0.3 is 0 Å². The number of halogens is 2. The molecule has 7 nitrogen and oxygen atoms in total. The Bertz CT molecular complexity index is 897. The maximum atomic E-state index is 13.4. The highest BCUT2D eigenvalue weighted by Crippen LogP contribution is 2.28. The summed E-state index contributed by atoms with van der Waals surface area (Å²) < 4.78 is 29.8. The Hall–Kier alpha value is -2.29. The standard InChI is InChI=1S/C18H25F2N5O2/c1-4-25-12(2)16-13(17(19)20)11-15(27)24(18(16)21-25)6-5-14(26)23-9-7-22(3)8-10-23/h11,17H,4-10H2,1-3H3. The van der Waals surface area contributed by atoms with Crippen LogP contribution in [0.5, 0.6) is 0 Å². The lowest BCUT2D eigenvalue weighted by molar-refractivity contribution is -0.133. The van der Waals surface area contributed by atoms with Crippen LogP contribution in [0.4, 0.5) is 8.78 Å². The molecule has 0 N–H and O–H groups in total. The van der Waals surface area contributed by atoms with Gasteiger partial charge in [-0.25, -0.2) is 8.78 Å². The van der Waals surface area contributed by atoms with Crippen molar-refractivity contribution in [3.8, 4) is 0 Å². The average Bonchev–Trinajstić information content (AvgIpc) is 2.97. The minimum absolute atomic E-state index is 0.0345. The molecule has 0 aliphatic carbocycles. The molecule has 2 aromatic rings. The Balaban J connectivity index is 1.90. The molecule has 0 saturated carbocycles. The minimum atomic E-state index is -2.75. The van der Waals surface area contributed by atoms with Crippen molar-refractivity contribution in [1.29, 1.82) is 0 Å². The normalized spacial score (nSPS) is 15.9. The summed E-state index contributed by atoms with van der Waals surface area (Å²) in [5.41, 5.74) is -0.0242. The third-order valence-electron chi connectivity index (χ3n) is 5.22. The van der Waals surface area contributed by atoms with Crippen LogP contribution in [0.3, 0.4) is 0 Å². The van der Waals surface area contributed by atoms with E-state index < -0.39 is 12.0 Å². The number of rotatable bonds is 5. The van der Waals surface area contributed by atoms with Crippen LogP contribution in [0.1, 0.15) is 31.0 Å². The zero-order chi connectivity index (χ0) is 19.7. The molecule has 0 aromatic carbocycles. The maximum Gasteiger partial charge on any atom is 0.264 e. The Kier molecular flexibility index (Phi) is 5.59. The SMILES string of the molecule is CCn1nc2c(c(C(F)F)cc(=O)n2CCC(=O)N2CCN(C)CC2)c1C. The number of aromatic nitrogens is 3. The van der Waals surface area contributed by atoms with E-state index in [0.717, 1.165) is 19.2 Å². The van der Waals surface area contributed by atoms with Gasteiger partial charge < -0.3 is 9.80 Å². The first-order valence-corrected chi connectivity index (χ1v) is 9.18. The molecule has 0 unspecified atom stereocenters. The van der Waals surface area contributed by atoms with Crippen LogP contribution in [0.25, 0.3) is 11.0 Å². The molecule has 0 radical (unpaired) electrons. The fourth-order valence-electron chi connectivity index (χ4n) is 3.56. The van der Waals surface area contributed by atoms with Crippen molar-refractivity contribution in [2.24, 2.45) is 0 Å². The second kappa shape index (κ2) is 7.75. The summed E-state index contributed by atoms with van der Waals surface area (Å²) in [5, 5.41) is 4.65. The Labute approximate surface area is 156 Å². The number of hydrogen-bond acceptors (Lipinski definition) is 4. The molecule has 1 aliphatic rings. The van der Waals surface area contributed by atoms with E-state index in [0.29, 0.717) is 30.7 Å². The number of piperazine rings is 1. The number of alkyl halides is 2. The van der Waals surface area contributed by atoms with Crippen molar-refractivity contribution >= 4 is 16.9 Å². The molecule has 3 rings (SSSR count). The van der Waals surface area contributed by atoms with Crippen LogP contribution in [-0.2, 0) is 17.9 Å². The Morgan fingerprint density at radius 2 is 1.93 bits per heavy atom. The zero-order valence-electron chi connectivity index (χ0n) is 15.9. The van der Waals surface area contributed by atoms with E-state index >= 15 is 0 Å². The molecule has 0 spiro atoms. The van der Waals surface area contributed by atoms with Gasteiger partial charge in [0.05, 0.1) is 0 Å². The van der Waals surface area contributed by atoms with Gasteiger partial charge in [-0.1, -0.05) is 0 Å². The third-order valence-corrected chi connectivity index (χ3v) is 5.22. The van der Waals surface area contributed by atoms with E-state index in [4.69, 9.17) is 0 Å². The topological polar surface area (TPSA) is 63.4 Å². The van der Waals surface area contributed by atoms with Crippen molar-refractivity contribution in [3.63, 3.8) is 0 Å². The van der Waals surface area contributed by atoms with Gasteiger partial charge in [-0.05, 0) is 20.9 Å². The van der Waals surface area contributed by atoms with E-state index in [1.54, 1.807) is 16.5 Å². The lowest BCUT2D eigenvalue weighted by atomic mass is 10.1. The summed E-state index contributed by atoms with van der Waals surface area (Å²) in [7, 11) is 2.01. The van der Waals surface area contributed by atoms with Gasteiger partial charge in [0.15, 0.2) is 5.65 Å². The van der Waals surface area contributed by atoms with Crippen molar-refractivity contribution in [2.45, 2.75) is 39.8 Å². The average molecular weight is 381 g/mol. The van der Waals surface area contributed by atoms with E-state index in [2.05, 4.69) is 10.00 Å². The van der Waals surface area contributed by atoms with Crippen LogP contribution in [0.2, 0.25) is 0 Å². The molecule has 3 heterocycles. The fourth-order valence-corrected chi connectivity index (χ4v) is 3.56. The van der Waals surface area contributed by atoms with Crippen molar-refractivity contribution < 1.29 is 13.6 Å².